The van der Waals surface area contributed by atoms with Crippen molar-refractivity contribution in [1.29, 1.82) is 0 Å². The SMILES string of the molecule is CC(C)n1cncc1C(N)c1noc(C2CC2)n1. The van der Waals surface area contributed by atoms with Gasteiger partial charge in [-0.2, -0.15) is 4.98 Å². The van der Waals surface area contributed by atoms with Gasteiger partial charge in [0.1, 0.15) is 6.04 Å². The molecule has 2 heterocycles. The highest BCUT2D eigenvalue weighted by atomic mass is 16.5. The van der Waals surface area contributed by atoms with E-state index in [2.05, 4.69) is 29.0 Å². The van der Waals surface area contributed by atoms with Crippen molar-refractivity contribution < 1.29 is 4.52 Å². The minimum Gasteiger partial charge on any atom is -0.339 e. The van der Waals surface area contributed by atoms with E-state index in [9.17, 15) is 0 Å². The molecule has 2 aromatic heterocycles. The van der Waals surface area contributed by atoms with Gasteiger partial charge in [-0.05, 0) is 26.7 Å². The number of rotatable bonds is 4. The Kier molecular flexibility index (Phi) is 2.66. The van der Waals surface area contributed by atoms with Gasteiger partial charge in [-0.1, -0.05) is 5.16 Å². The summed E-state index contributed by atoms with van der Waals surface area (Å²) < 4.78 is 7.26. The molecule has 3 rings (SSSR count). The molecule has 0 radical (unpaired) electrons. The second-order valence-corrected chi connectivity index (χ2v) is 5.06. The quantitative estimate of drug-likeness (QED) is 0.890. The lowest BCUT2D eigenvalue weighted by atomic mass is 10.2. The van der Waals surface area contributed by atoms with Gasteiger partial charge in [-0.3, -0.25) is 0 Å². The van der Waals surface area contributed by atoms with Crippen LogP contribution in [0.1, 0.15) is 62.1 Å². The van der Waals surface area contributed by atoms with Crippen LogP contribution in [0.5, 0.6) is 0 Å². The van der Waals surface area contributed by atoms with Crippen molar-refractivity contribution in [2.45, 2.75) is 44.7 Å². The molecule has 0 bridgehead atoms. The van der Waals surface area contributed by atoms with Crippen molar-refractivity contribution in [3.8, 4) is 0 Å². The number of nitrogens with zero attached hydrogens (tertiary/aromatic N) is 4. The van der Waals surface area contributed by atoms with E-state index in [1.807, 2.05) is 4.57 Å². The van der Waals surface area contributed by atoms with Crippen molar-refractivity contribution in [1.82, 2.24) is 19.7 Å². The van der Waals surface area contributed by atoms with Crippen LogP contribution in [-0.4, -0.2) is 19.7 Å². The Hall–Kier alpha value is -1.69. The fraction of sp³-hybridized carbons (Fsp3) is 0.583. The smallest absolute Gasteiger partial charge is 0.229 e. The van der Waals surface area contributed by atoms with Gasteiger partial charge in [0.05, 0.1) is 18.2 Å². The van der Waals surface area contributed by atoms with E-state index in [4.69, 9.17) is 10.3 Å². The van der Waals surface area contributed by atoms with Crippen LogP contribution in [0.25, 0.3) is 0 Å². The first-order valence-electron chi connectivity index (χ1n) is 6.27. The van der Waals surface area contributed by atoms with Gasteiger partial charge in [0.15, 0.2) is 5.82 Å². The molecule has 1 fully saturated rings. The number of hydrogen-bond acceptors (Lipinski definition) is 5. The number of imidazole rings is 1. The Labute approximate surface area is 105 Å². The van der Waals surface area contributed by atoms with Crippen LogP contribution in [0.4, 0.5) is 0 Å². The summed E-state index contributed by atoms with van der Waals surface area (Å²) in [6.45, 7) is 4.17. The van der Waals surface area contributed by atoms with E-state index in [0.717, 1.165) is 24.4 Å². The zero-order chi connectivity index (χ0) is 12.7. The van der Waals surface area contributed by atoms with E-state index in [1.165, 1.54) is 0 Å². The van der Waals surface area contributed by atoms with E-state index < -0.39 is 0 Å². The van der Waals surface area contributed by atoms with Gasteiger partial charge in [-0.25, -0.2) is 4.98 Å². The number of aromatic nitrogens is 4. The molecule has 0 amide bonds. The average molecular weight is 247 g/mol. The Morgan fingerprint density at radius 3 is 2.89 bits per heavy atom. The van der Waals surface area contributed by atoms with Crippen LogP contribution in [0.2, 0.25) is 0 Å². The van der Waals surface area contributed by atoms with Gasteiger partial charge >= 0.3 is 0 Å². The van der Waals surface area contributed by atoms with Crippen LogP contribution in [0, 0.1) is 0 Å². The van der Waals surface area contributed by atoms with Gasteiger partial charge < -0.3 is 14.8 Å². The topological polar surface area (TPSA) is 82.8 Å². The first-order chi connectivity index (χ1) is 8.66. The standard InChI is InChI=1S/C12H17N5O/c1-7(2)17-6-14-5-9(17)10(13)11-15-12(18-16-11)8-3-4-8/h5-8,10H,3-4,13H2,1-2H3. The molecule has 1 unspecified atom stereocenters. The molecule has 18 heavy (non-hydrogen) atoms. The zero-order valence-corrected chi connectivity index (χ0v) is 10.6. The maximum absolute atomic E-state index is 6.19. The number of nitrogens with two attached hydrogens (primary N) is 1. The monoisotopic (exact) mass is 247 g/mol. The molecule has 0 aromatic carbocycles. The highest BCUT2D eigenvalue weighted by molar-refractivity contribution is 5.16. The molecule has 0 aliphatic heterocycles. The number of hydrogen-bond donors (Lipinski definition) is 1. The molecule has 96 valence electrons. The van der Waals surface area contributed by atoms with Crippen LogP contribution in [0.15, 0.2) is 17.0 Å². The molecule has 6 heteroatoms. The minimum atomic E-state index is -0.383. The van der Waals surface area contributed by atoms with Crippen molar-refractivity contribution in [3.63, 3.8) is 0 Å². The van der Waals surface area contributed by atoms with Crippen LogP contribution >= 0.6 is 0 Å². The summed E-state index contributed by atoms with van der Waals surface area (Å²) in [5, 5.41) is 3.98. The average Bonchev–Trinajstić information content (AvgIpc) is 2.92. The van der Waals surface area contributed by atoms with E-state index >= 15 is 0 Å². The van der Waals surface area contributed by atoms with Crippen molar-refractivity contribution >= 4 is 0 Å². The maximum Gasteiger partial charge on any atom is 0.229 e. The minimum absolute atomic E-state index is 0.309. The summed E-state index contributed by atoms with van der Waals surface area (Å²) in [5.41, 5.74) is 7.10. The van der Waals surface area contributed by atoms with Crippen LogP contribution < -0.4 is 5.73 Å². The molecule has 0 spiro atoms. The lowest BCUT2D eigenvalue weighted by Gasteiger charge is -2.14. The molecule has 2 aromatic rings. The first kappa shape index (κ1) is 11.4. The third-order valence-electron chi connectivity index (χ3n) is 3.23. The summed E-state index contributed by atoms with van der Waals surface area (Å²) in [6.07, 6.45) is 5.82. The molecule has 1 aliphatic carbocycles. The van der Waals surface area contributed by atoms with E-state index in [0.29, 0.717) is 17.8 Å². The maximum atomic E-state index is 6.19. The Morgan fingerprint density at radius 2 is 2.22 bits per heavy atom. The first-order valence-corrected chi connectivity index (χ1v) is 6.27. The highest BCUT2D eigenvalue weighted by Gasteiger charge is 2.31. The van der Waals surface area contributed by atoms with Crippen LogP contribution in [0.3, 0.4) is 0 Å². The summed E-state index contributed by atoms with van der Waals surface area (Å²) >= 11 is 0. The third kappa shape index (κ3) is 1.92. The second kappa shape index (κ2) is 4.20. The Balaban J connectivity index is 1.87. The molecule has 1 saturated carbocycles. The highest BCUT2D eigenvalue weighted by Crippen LogP contribution is 2.39. The molecular formula is C12H17N5O. The molecule has 1 atom stereocenters. The lowest BCUT2D eigenvalue weighted by Crippen LogP contribution is -2.18. The normalized spacial score (nSPS) is 17.3. The Bertz CT molecular complexity index is 540. The van der Waals surface area contributed by atoms with E-state index in [1.54, 1.807) is 12.5 Å². The van der Waals surface area contributed by atoms with E-state index in [-0.39, 0.29) is 6.04 Å². The third-order valence-corrected chi connectivity index (χ3v) is 3.23. The second-order valence-electron chi connectivity index (χ2n) is 5.06. The predicted molar refractivity (Wildman–Crippen MR) is 64.9 cm³/mol. The van der Waals surface area contributed by atoms with Crippen molar-refractivity contribution in [3.05, 3.63) is 29.9 Å². The lowest BCUT2D eigenvalue weighted by molar-refractivity contribution is 0.371. The predicted octanol–water partition coefficient (Wildman–Crippen LogP) is 1.77. The summed E-state index contributed by atoms with van der Waals surface area (Å²) in [7, 11) is 0. The molecule has 1 aliphatic rings. The zero-order valence-electron chi connectivity index (χ0n) is 10.6. The molecule has 2 N–H and O–H groups in total. The largest absolute Gasteiger partial charge is 0.339 e. The fourth-order valence-electron chi connectivity index (χ4n) is 1.99. The van der Waals surface area contributed by atoms with Gasteiger partial charge in [0.2, 0.25) is 5.89 Å². The fourth-order valence-corrected chi connectivity index (χ4v) is 1.99. The van der Waals surface area contributed by atoms with Crippen molar-refractivity contribution in [2.24, 2.45) is 5.73 Å². The van der Waals surface area contributed by atoms with Crippen LogP contribution in [-0.2, 0) is 0 Å². The summed E-state index contributed by atoms with van der Waals surface area (Å²) in [4.78, 5) is 8.53. The molecule has 0 saturated heterocycles. The van der Waals surface area contributed by atoms with Crippen molar-refractivity contribution in [2.75, 3.05) is 0 Å². The molecular weight excluding hydrogens is 230 g/mol. The Morgan fingerprint density at radius 1 is 1.44 bits per heavy atom. The summed E-state index contributed by atoms with van der Waals surface area (Å²) in [6, 6.07) is -0.0745. The van der Waals surface area contributed by atoms with Gasteiger partial charge in [-0.15, -0.1) is 0 Å². The van der Waals surface area contributed by atoms with Gasteiger partial charge in [0, 0.05) is 12.0 Å². The summed E-state index contributed by atoms with van der Waals surface area (Å²) in [5.74, 6) is 1.71. The van der Waals surface area contributed by atoms with Gasteiger partial charge in [0.25, 0.3) is 0 Å². The molecule has 6 nitrogen and oxygen atoms in total.